The quantitative estimate of drug-likeness (QED) is 0.716. The first-order chi connectivity index (χ1) is 9.63. The van der Waals surface area contributed by atoms with E-state index in [1.807, 2.05) is 18.2 Å². The summed E-state index contributed by atoms with van der Waals surface area (Å²) in [7, 11) is 0. The third-order valence-electron chi connectivity index (χ3n) is 3.77. The van der Waals surface area contributed by atoms with E-state index in [-0.39, 0.29) is 0 Å². The average molecular weight is 351 g/mol. The molecule has 0 aromatic heterocycles. The van der Waals surface area contributed by atoms with Crippen molar-refractivity contribution < 1.29 is 0 Å². The summed E-state index contributed by atoms with van der Waals surface area (Å²) in [6.45, 7) is 2.12. The average Bonchev–Trinajstić information content (AvgIpc) is 3.25. The molecule has 1 nitrogen and oxygen atoms in total. The first-order valence-electron chi connectivity index (χ1n) is 6.91. The zero-order valence-corrected chi connectivity index (χ0v) is 13.7. The van der Waals surface area contributed by atoms with Crippen molar-refractivity contribution in [3.8, 4) is 0 Å². The maximum atomic E-state index is 6.29. The Balaban J connectivity index is 1.88. The molecule has 1 unspecified atom stereocenters. The fraction of sp³-hybridized carbons (Fsp3) is 0.294. The number of benzene rings is 2. The number of anilines is 1. The van der Waals surface area contributed by atoms with Gasteiger partial charge in [0.2, 0.25) is 0 Å². The summed E-state index contributed by atoms with van der Waals surface area (Å²) < 4.78 is 1.04. The van der Waals surface area contributed by atoms with Crippen LogP contribution in [0.3, 0.4) is 0 Å². The van der Waals surface area contributed by atoms with E-state index in [1.54, 1.807) is 0 Å². The van der Waals surface area contributed by atoms with Gasteiger partial charge in [0.05, 0.1) is 16.8 Å². The van der Waals surface area contributed by atoms with Crippen LogP contribution in [0, 0.1) is 12.8 Å². The van der Waals surface area contributed by atoms with Crippen molar-refractivity contribution in [2.24, 2.45) is 5.92 Å². The fourth-order valence-corrected chi connectivity index (χ4v) is 2.99. The minimum atomic E-state index is 0.349. The fourth-order valence-electron chi connectivity index (χ4n) is 2.45. The van der Waals surface area contributed by atoms with Crippen molar-refractivity contribution in [3.63, 3.8) is 0 Å². The third-order valence-corrected chi connectivity index (χ3v) is 4.59. The number of hydrogen-bond donors (Lipinski definition) is 1. The first kappa shape index (κ1) is 14.0. The largest absolute Gasteiger partial charge is 0.377 e. The summed E-state index contributed by atoms with van der Waals surface area (Å²) in [6.07, 6.45) is 2.58. The van der Waals surface area contributed by atoms with Crippen molar-refractivity contribution in [2.75, 3.05) is 5.32 Å². The molecular weight excluding hydrogens is 334 g/mol. The van der Waals surface area contributed by atoms with Gasteiger partial charge in [0.1, 0.15) is 0 Å². The molecule has 0 amide bonds. The van der Waals surface area contributed by atoms with Crippen LogP contribution in [-0.4, -0.2) is 0 Å². The van der Waals surface area contributed by atoms with Gasteiger partial charge >= 0.3 is 0 Å². The topological polar surface area (TPSA) is 12.0 Å². The lowest BCUT2D eigenvalue weighted by molar-refractivity contribution is 0.679. The molecule has 1 fully saturated rings. The van der Waals surface area contributed by atoms with Gasteiger partial charge in [-0.2, -0.15) is 0 Å². The van der Waals surface area contributed by atoms with Crippen LogP contribution in [0.5, 0.6) is 0 Å². The van der Waals surface area contributed by atoms with E-state index >= 15 is 0 Å². The number of halogens is 2. The molecule has 2 aromatic carbocycles. The molecule has 1 aliphatic carbocycles. The third kappa shape index (κ3) is 3.18. The first-order valence-corrected chi connectivity index (χ1v) is 8.09. The highest BCUT2D eigenvalue weighted by Gasteiger charge is 2.32. The van der Waals surface area contributed by atoms with Crippen molar-refractivity contribution in [2.45, 2.75) is 25.8 Å². The van der Waals surface area contributed by atoms with Crippen molar-refractivity contribution in [1.29, 1.82) is 0 Å². The molecular formula is C17H17BrClN. The maximum Gasteiger partial charge on any atom is 0.0638 e. The van der Waals surface area contributed by atoms with E-state index in [2.05, 4.69) is 52.4 Å². The van der Waals surface area contributed by atoms with E-state index in [4.69, 9.17) is 11.6 Å². The number of rotatable bonds is 4. The lowest BCUT2D eigenvalue weighted by Crippen LogP contribution is -2.13. The molecule has 0 bridgehead atoms. The zero-order chi connectivity index (χ0) is 14.1. The lowest BCUT2D eigenvalue weighted by atomic mass is 10.0. The molecule has 20 heavy (non-hydrogen) atoms. The highest BCUT2D eigenvalue weighted by Crippen LogP contribution is 2.44. The molecule has 2 aromatic rings. The second kappa shape index (κ2) is 5.79. The van der Waals surface area contributed by atoms with Crippen LogP contribution >= 0.6 is 27.5 Å². The normalized spacial score (nSPS) is 15.9. The Kier molecular flexibility index (Phi) is 4.04. The molecule has 1 aliphatic rings. The molecule has 1 N–H and O–H groups in total. The number of hydrogen-bond acceptors (Lipinski definition) is 1. The van der Waals surface area contributed by atoms with Crippen LogP contribution in [0.15, 0.2) is 46.9 Å². The van der Waals surface area contributed by atoms with Gasteiger partial charge in [-0.15, -0.1) is 0 Å². The molecule has 3 rings (SSSR count). The van der Waals surface area contributed by atoms with Gasteiger partial charge in [-0.1, -0.05) is 57.4 Å². The Bertz CT molecular complexity index is 605. The Morgan fingerprint density at radius 1 is 1.15 bits per heavy atom. The minimum Gasteiger partial charge on any atom is -0.377 e. The second-order valence-corrected chi connectivity index (χ2v) is 6.82. The van der Waals surface area contributed by atoms with Gasteiger partial charge in [-0.3, -0.25) is 0 Å². The minimum absolute atomic E-state index is 0.349. The molecule has 1 saturated carbocycles. The Labute approximate surface area is 133 Å². The SMILES string of the molecule is Cc1ccc(C(Nc2cc(Br)ccc2Cl)C2CC2)cc1. The van der Waals surface area contributed by atoms with Crippen LogP contribution < -0.4 is 5.32 Å². The highest BCUT2D eigenvalue weighted by molar-refractivity contribution is 9.10. The van der Waals surface area contributed by atoms with E-state index in [0.717, 1.165) is 15.2 Å². The summed E-state index contributed by atoms with van der Waals surface area (Å²) >= 11 is 9.80. The molecule has 1 atom stereocenters. The van der Waals surface area contributed by atoms with E-state index in [9.17, 15) is 0 Å². The van der Waals surface area contributed by atoms with E-state index < -0.39 is 0 Å². The highest BCUT2D eigenvalue weighted by atomic mass is 79.9. The zero-order valence-electron chi connectivity index (χ0n) is 11.4. The van der Waals surface area contributed by atoms with Crippen molar-refractivity contribution in [1.82, 2.24) is 0 Å². The number of nitrogens with one attached hydrogen (secondary N) is 1. The number of aryl methyl sites for hydroxylation is 1. The molecule has 3 heteroatoms. The smallest absolute Gasteiger partial charge is 0.0638 e. The van der Waals surface area contributed by atoms with Gasteiger partial charge < -0.3 is 5.32 Å². The van der Waals surface area contributed by atoms with Crippen LogP contribution in [0.25, 0.3) is 0 Å². The van der Waals surface area contributed by atoms with E-state index in [1.165, 1.54) is 24.0 Å². The van der Waals surface area contributed by atoms with Crippen LogP contribution in [0.1, 0.15) is 30.0 Å². The Morgan fingerprint density at radius 2 is 1.85 bits per heavy atom. The Morgan fingerprint density at radius 3 is 2.50 bits per heavy atom. The summed E-state index contributed by atoms with van der Waals surface area (Å²) in [4.78, 5) is 0. The summed E-state index contributed by atoms with van der Waals surface area (Å²) in [6, 6.07) is 15.1. The Hall–Kier alpha value is -0.990. The summed E-state index contributed by atoms with van der Waals surface area (Å²) in [5.74, 6) is 0.716. The van der Waals surface area contributed by atoms with Gasteiger partial charge in [0.15, 0.2) is 0 Å². The van der Waals surface area contributed by atoms with Gasteiger partial charge in [0, 0.05) is 4.47 Å². The maximum absolute atomic E-state index is 6.29. The predicted octanol–water partition coefficient (Wildman–Crippen LogP) is 5.97. The van der Waals surface area contributed by atoms with Gasteiger partial charge in [-0.25, -0.2) is 0 Å². The molecule has 0 aliphatic heterocycles. The van der Waals surface area contributed by atoms with Crippen molar-refractivity contribution in [3.05, 3.63) is 63.1 Å². The van der Waals surface area contributed by atoms with Gasteiger partial charge in [-0.05, 0) is 49.4 Å². The van der Waals surface area contributed by atoms with Crippen molar-refractivity contribution >= 4 is 33.2 Å². The second-order valence-electron chi connectivity index (χ2n) is 5.49. The molecule has 0 radical (unpaired) electrons. The van der Waals surface area contributed by atoms with Crippen LogP contribution in [0.4, 0.5) is 5.69 Å². The lowest BCUT2D eigenvalue weighted by Gasteiger charge is -2.21. The molecule has 0 saturated heterocycles. The molecule has 0 heterocycles. The molecule has 104 valence electrons. The monoisotopic (exact) mass is 349 g/mol. The summed E-state index contributed by atoms with van der Waals surface area (Å²) in [5, 5.41) is 4.39. The molecule has 0 spiro atoms. The van der Waals surface area contributed by atoms with Crippen LogP contribution in [-0.2, 0) is 0 Å². The van der Waals surface area contributed by atoms with Crippen LogP contribution in [0.2, 0.25) is 5.02 Å². The standard InChI is InChI=1S/C17H17BrClN/c1-11-2-4-12(5-3-11)17(13-6-7-13)20-16-10-14(18)8-9-15(16)19/h2-5,8-10,13,17,20H,6-7H2,1H3. The van der Waals surface area contributed by atoms with E-state index in [0.29, 0.717) is 12.0 Å². The van der Waals surface area contributed by atoms with Gasteiger partial charge in [0.25, 0.3) is 0 Å². The predicted molar refractivity (Wildman–Crippen MR) is 89.4 cm³/mol. The summed E-state index contributed by atoms with van der Waals surface area (Å²) in [5.41, 5.74) is 3.64.